The molecule has 3 heterocycles. The number of rotatable bonds is 2. The first-order valence-electron chi connectivity index (χ1n) is 6.29. The van der Waals surface area contributed by atoms with Crippen LogP contribution in [0, 0.1) is 0 Å². The molecule has 10 nitrogen and oxygen atoms in total. The van der Waals surface area contributed by atoms with E-state index < -0.39 is 36.7 Å². The molecule has 1 fully saturated rings. The van der Waals surface area contributed by atoms with E-state index in [1.54, 1.807) is 7.05 Å². The van der Waals surface area contributed by atoms with Gasteiger partial charge in [0.2, 0.25) is 0 Å². The number of ether oxygens (including phenoxy) is 1. The third-order valence-electron chi connectivity index (χ3n) is 3.60. The van der Waals surface area contributed by atoms with Gasteiger partial charge in [-0.15, -0.1) is 0 Å². The van der Waals surface area contributed by atoms with Crippen molar-refractivity contribution in [1.82, 2.24) is 19.7 Å². The maximum Gasteiger partial charge on any atom is 0.347 e. The maximum atomic E-state index is 11.5. The summed E-state index contributed by atoms with van der Waals surface area (Å²) < 4.78 is 6.84. The highest BCUT2D eigenvalue weighted by Gasteiger charge is 2.45. The van der Waals surface area contributed by atoms with Crippen LogP contribution in [0.2, 0.25) is 0 Å². The summed E-state index contributed by atoms with van der Waals surface area (Å²) in [6.45, 7) is -0.440. The standard InChI is InChI=1S/C11H15N5O5/c1-16-6(9-8(19)7(18)3(2-17)21-9)4-5(15-16)10(12)14-11(20)13-4/h3,7-9,17-19H,2H2,1H3,(H3,12,13,14,20)/t3-,7-,8-,9+/m1/s1. The molecule has 0 spiro atoms. The van der Waals surface area contributed by atoms with Gasteiger partial charge in [-0.25, -0.2) is 4.79 Å². The number of hydrogen-bond acceptors (Lipinski definition) is 8. The minimum atomic E-state index is -1.27. The molecule has 21 heavy (non-hydrogen) atoms. The number of aliphatic hydroxyl groups excluding tert-OH is 3. The van der Waals surface area contributed by atoms with Crippen LogP contribution in [0.4, 0.5) is 5.82 Å². The Bertz CT molecular complexity index is 740. The molecule has 0 bridgehead atoms. The average molecular weight is 297 g/mol. The molecule has 0 aliphatic carbocycles. The smallest absolute Gasteiger partial charge is 0.347 e. The van der Waals surface area contributed by atoms with Crippen LogP contribution in [-0.4, -0.2) is 60.0 Å². The number of nitrogen functional groups attached to an aromatic ring is 1. The monoisotopic (exact) mass is 297 g/mol. The van der Waals surface area contributed by atoms with Crippen molar-refractivity contribution in [3.8, 4) is 0 Å². The zero-order valence-electron chi connectivity index (χ0n) is 11.1. The normalized spacial score (nSPS) is 29.3. The van der Waals surface area contributed by atoms with Gasteiger partial charge >= 0.3 is 5.69 Å². The van der Waals surface area contributed by atoms with Crippen LogP contribution in [0.25, 0.3) is 11.0 Å². The molecule has 6 N–H and O–H groups in total. The lowest BCUT2D eigenvalue weighted by molar-refractivity contribution is -0.0246. The second kappa shape index (κ2) is 4.77. The Labute approximate surface area is 117 Å². The summed E-state index contributed by atoms with van der Waals surface area (Å²) in [6.07, 6.45) is -4.38. The van der Waals surface area contributed by atoms with Crippen LogP contribution >= 0.6 is 0 Å². The van der Waals surface area contributed by atoms with Crippen LogP contribution in [0.15, 0.2) is 4.79 Å². The number of anilines is 1. The zero-order valence-corrected chi connectivity index (χ0v) is 11.1. The highest BCUT2D eigenvalue weighted by atomic mass is 16.6. The Balaban J connectivity index is 2.17. The van der Waals surface area contributed by atoms with Crippen molar-refractivity contribution in [2.24, 2.45) is 7.05 Å². The first kappa shape index (κ1) is 13.9. The summed E-state index contributed by atoms with van der Waals surface area (Å²) in [6, 6.07) is 0. The highest BCUT2D eigenvalue weighted by molar-refractivity contribution is 5.86. The minimum Gasteiger partial charge on any atom is -0.394 e. The van der Waals surface area contributed by atoms with Crippen LogP contribution in [-0.2, 0) is 11.8 Å². The van der Waals surface area contributed by atoms with Crippen LogP contribution in [0.5, 0.6) is 0 Å². The Kier molecular flexibility index (Phi) is 3.17. The molecule has 4 atom stereocenters. The molecule has 0 saturated carbocycles. The molecule has 2 aromatic heterocycles. The van der Waals surface area contributed by atoms with Crippen molar-refractivity contribution in [2.45, 2.75) is 24.4 Å². The Morgan fingerprint density at radius 2 is 2.14 bits per heavy atom. The molecule has 0 aromatic carbocycles. The lowest BCUT2D eigenvalue weighted by Crippen LogP contribution is -2.32. The summed E-state index contributed by atoms with van der Waals surface area (Å²) in [5.74, 6) is -0.0395. The van der Waals surface area contributed by atoms with E-state index >= 15 is 0 Å². The number of H-pyrrole nitrogens is 1. The second-order valence-corrected chi connectivity index (χ2v) is 4.92. The molecule has 0 amide bonds. The van der Waals surface area contributed by atoms with Crippen molar-refractivity contribution in [1.29, 1.82) is 0 Å². The topological polar surface area (TPSA) is 160 Å². The first-order valence-corrected chi connectivity index (χ1v) is 6.29. The van der Waals surface area contributed by atoms with E-state index in [0.29, 0.717) is 5.69 Å². The fourth-order valence-corrected chi connectivity index (χ4v) is 2.59. The number of aromatic nitrogens is 4. The Morgan fingerprint density at radius 3 is 2.76 bits per heavy atom. The van der Waals surface area contributed by atoms with E-state index in [1.165, 1.54) is 4.68 Å². The third-order valence-corrected chi connectivity index (χ3v) is 3.60. The van der Waals surface area contributed by atoms with E-state index in [-0.39, 0.29) is 16.9 Å². The highest BCUT2D eigenvalue weighted by Crippen LogP contribution is 2.36. The van der Waals surface area contributed by atoms with Crippen molar-refractivity contribution in [2.75, 3.05) is 12.3 Å². The lowest BCUT2D eigenvalue weighted by atomic mass is 10.1. The lowest BCUT2D eigenvalue weighted by Gasteiger charge is -2.15. The van der Waals surface area contributed by atoms with Gasteiger partial charge in [0.25, 0.3) is 0 Å². The average Bonchev–Trinajstić information content (AvgIpc) is 2.89. The van der Waals surface area contributed by atoms with Crippen LogP contribution in [0.3, 0.4) is 0 Å². The molecule has 0 unspecified atom stereocenters. The molecule has 3 rings (SSSR count). The summed E-state index contributed by atoms with van der Waals surface area (Å²) in [7, 11) is 1.59. The zero-order chi connectivity index (χ0) is 15.3. The molecular formula is C11H15N5O5. The van der Waals surface area contributed by atoms with Gasteiger partial charge in [-0.2, -0.15) is 10.1 Å². The quantitative estimate of drug-likeness (QED) is 0.403. The summed E-state index contributed by atoms with van der Waals surface area (Å²) in [5, 5.41) is 33.2. The van der Waals surface area contributed by atoms with Crippen molar-refractivity contribution < 1.29 is 20.1 Å². The maximum absolute atomic E-state index is 11.5. The number of aryl methyl sites for hydroxylation is 1. The van der Waals surface area contributed by atoms with Gasteiger partial charge in [-0.05, 0) is 0 Å². The van der Waals surface area contributed by atoms with Gasteiger partial charge in [-0.1, -0.05) is 0 Å². The number of hydrogen-bond donors (Lipinski definition) is 5. The third kappa shape index (κ3) is 2.00. The van der Waals surface area contributed by atoms with Gasteiger partial charge < -0.3 is 30.8 Å². The fourth-order valence-electron chi connectivity index (χ4n) is 2.59. The van der Waals surface area contributed by atoms with Gasteiger partial charge in [0.15, 0.2) is 11.3 Å². The number of nitrogens with zero attached hydrogens (tertiary/aromatic N) is 3. The van der Waals surface area contributed by atoms with E-state index in [1.807, 2.05) is 0 Å². The molecule has 2 aromatic rings. The summed E-state index contributed by atoms with van der Waals surface area (Å²) >= 11 is 0. The number of nitrogens with two attached hydrogens (primary N) is 1. The fraction of sp³-hybridized carbons (Fsp3) is 0.545. The van der Waals surface area contributed by atoms with E-state index in [4.69, 9.17) is 15.6 Å². The van der Waals surface area contributed by atoms with E-state index in [9.17, 15) is 15.0 Å². The van der Waals surface area contributed by atoms with Crippen LogP contribution < -0.4 is 11.4 Å². The van der Waals surface area contributed by atoms with Gasteiger partial charge in [0.1, 0.15) is 24.4 Å². The summed E-state index contributed by atoms with van der Waals surface area (Å²) in [4.78, 5) is 17.5. The summed E-state index contributed by atoms with van der Waals surface area (Å²) in [5.41, 5.74) is 5.90. The van der Waals surface area contributed by atoms with Gasteiger partial charge in [-0.3, -0.25) is 4.68 Å². The predicted octanol–water partition coefficient (Wildman–Crippen LogP) is -2.61. The molecule has 1 saturated heterocycles. The predicted molar refractivity (Wildman–Crippen MR) is 70.3 cm³/mol. The SMILES string of the molecule is Cn1nc2c(N)nc(=O)[nH]c2c1[C@@H]1O[C@H](CO)[C@@H](O)[C@H]1O. The number of aliphatic hydroxyl groups is 3. The Morgan fingerprint density at radius 1 is 1.43 bits per heavy atom. The molecule has 0 radical (unpaired) electrons. The van der Waals surface area contributed by atoms with Crippen LogP contribution in [0.1, 0.15) is 11.8 Å². The number of aromatic amines is 1. The second-order valence-electron chi connectivity index (χ2n) is 4.92. The van der Waals surface area contributed by atoms with Crippen molar-refractivity contribution in [3.05, 3.63) is 16.2 Å². The van der Waals surface area contributed by atoms with E-state index in [0.717, 1.165) is 0 Å². The number of fused-ring (bicyclic) bond motifs is 1. The van der Waals surface area contributed by atoms with Gasteiger partial charge in [0.05, 0.1) is 17.8 Å². The molecule has 1 aliphatic rings. The molecular weight excluding hydrogens is 282 g/mol. The Hall–Kier alpha value is -2.01. The van der Waals surface area contributed by atoms with E-state index in [2.05, 4.69) is 15.1 Å². The molecule has 10 heteroatoms. The van der Waals surface area contributed by atoms with Gasteiger partial charge in [0, 0.05) is 7.05 Å². The largest absolute Gasteiger partial charge is 0.394 e. The van der Waals surface area contributed by atoms with Crippen molar-refractivity contribution in [3.63, 3.8) is 0 Å². The minimum absolute atomic E-state index is 0.0395. The molecule has 1 aliphatic heterocycles. The van der Waals surface area contributed by atoms with Crippen molar-refractivity contribution >= 4 is 16.9 Å². The first-order chi connectivity index (χ1) is 9.93. The number of nitrogens with one attached hydrogen (secondary N) is 1. The molecule has 114 valence electrons.